The molecule has 1 atom stereocenters. The van der Waals surface area contributed by atoms with E-state index in [9.17, 15) is 9.59 Å². The van der Waals surface area contributed by atoms with Gasteiger partial charge in [-0.3, -0.25) is 0 Å². The molecule has 0 aromatic heterocycles. The smallest absolute Gasteiger partial charge is 0.338 e. The number of nitrogens with one attached hydrogen (secondary N) is 2. The third-order valence-corrected chi connectivity index (χ3v) is 4.70. The number of rotatable bonds is 6. The first kappa shape index (κ1) is 19.8. The van der Waals surface area contributed by atoms with Gasteiger partial charge in [-0.1, -0.05) is 48.0 Å². The Morgan fingerprint density at radius 3 is 2.61 bits per heavy atom. The molecule has 0 fully saturated rings. The summed E-state index contributed by atoms with van der Waals surface area (Å²) in [7, 11) is 0. The zero-order chi connectivity index (χ0) is 20.1. The van der Waals surface area contributed by atoms with Gasteiger partial charge in [-0.15, -0.1) is 0 Å². The Hall–Kier alpha value is -2.99. The second-order valence-corrected chi connectivity index (χ2v) is 6.62. The Labute approximate surface area is 168 Å². The van der Waals surface area contributed by atoms with Crippen LogP contribution in [0.25, 0.3) is 0 Å². The van der Waals surface area contributed by atoms with E-state index in [2.05, 4.69) is 10.6 Å². The largest absolute Gasteiger partial charge is 0.488 e. The second kappa shape index (κ2) is 8.80. The van der Waals surface area contributed by atoms with Crippen molar-refractivity contribution in [3.05, 3.63) is 76.0 Å². The number of allylic oxidation sites excluding steroid dienone is 1. The van der Waals surface area contributed by atoms with Crippen molar-refractivity contribution in [3.63, 3.8) is 0 Å². The van der Waals surface area contributed by atoms with E-state index in [1.54, 1.807) is 26.0 Å². The molecule has 6 nitrogen and oxygen atoms in total. The van der Waals surface area contributed by atoms with Crippen molar-refractivity contribution < 1.29 is 19.1 Å². The Morgan fingerprint density at radius 2 is 1.86 bits per heavy atom. The first-order chi connectivity index (χ1) is 13.5. The Bertz CT molecular complexity index is 926. The third kappa shape index (κ3) is 4.28. The maximum Gasteiger partial charge on any atom is 0.338 e. The van der Waals surface area contributed by atoms with Gasteiger partial charge >= 0.3 is 12.0 Å². The molecule has 7 heteroatoms. The average molecular weight is 401 g/mol. The molecule has 0 saturated heterocycles. The minimum atomic E-state index is -0.685. The highest BCUT2D eigenvalue weighted by atomic mass is 35.5. The van der Waals surface area contributed by atoms with Crippen LogP contribution < -0.4 is 15.4 Å². The standard InChI is InChI=1S/C21H21ClN2O4/c1-3-27-20(25)18-13(2)23-21(26)24-19(18)15-9-5-7-11-17(15)28-12-14-8-4-6-10-16(14)22/h4-11,19H,3,12H2,1-2H3,(H2,23,24,26)/t19-/m0/s1. The van der Waals surface area contributed by atoms with Crippen LogP contribution in [0.4, 0.5) is 4.79 Å². The number of para-hydroxylation sites is 1. The summed E-state index contributed by atoms with van der Waals surface area (Å²) in [6, 6.07) is 13.6. The first-order valence-corrected chi connectivity index (χ1v) is 9.29. The van der Waals surface area contributed by atoms with Gasteiger partial charge in [-0.2, -0.15) is 0 Å². The molecule has 0 radical (unpaired) electrons. The monoisotopic (exact) mass is 400 g/mol. The number of carbonyl (C=O) groups is 2. The van der Waals surface area contributed by atoms with Gasteiger partial charge in [0, 0.05) is 21.8 Å². The van der Waals surface area contributed by atoms with Crippen molar-refractivity contribution >= 4 is 23.6 Å². The molecule has 0 bridgehead atoms. The van der Waals surface area contributed by atoms with Crippen LogP contribution >= 0.6 is 11.6 Å². The molecule has 0 spiro atoms. The molecule has 1 aliphatic heterocycles. The molecule has 0 aliphatic carbocycles. The van der Waals surface area contributed by atoms with Crippen LogP contribution in [0.3, 0.4) is 0 Å². The molecule has 2 N–H and O–H groups in total. The summed E-state index contributed by atoms with van der Waals surface area (Å²) in [5.74, 6) is 0.0580. The summed E-state index contributed by atoms with van der Waals surface area (Å²) in [6.45, 7) is 3.90. The predicted molar refractivity (Wildman–Crippen MR) is 106 cm³/mol. The minimum Gasteiger partial charge on any atom is -0.488 e. The lowest BCUT2D eigenvalue weighted by molar-refractivity contribution is -0.139. The predicted octanol–water partition coefficient (Wildman–Crippen LogP) is 4.11. The van der Waals surface area contributed by atoms with Crippen LogP contribution in [-0.2, 0) is 16.1 Å². The van der Waals surface area contributed by atoms with Crippen LogP contribution in [0.5, 0.6) is 5.75 Å². The number of amides is 2. The highest BCUT2D eigenvalue weighted by Gasteiger charge is 2.33. The normalized spacial score (nSPS) is 16.2. The molecule has 3 rings (SSSR count). The highest BCUT2D eigenvalue weighted by molar-refractivity contribution is 6.31. The van der Waals surface area contributed by atoms with Gasteiger partial charge in [-0.05, 0) is 26.0 Å². The lowest BCUT2D eigenvalue weighted by Gasteiger charge is -2.29. The number of benzene rings is 2. The van der Waals surface area contributed by atoms with E-state index in [0.29, 0.717) is 27.6 Å². The van der Waals surface area contributed by atoms with Gasteiger partial charge < -0.3 is 20.1 Å². The van der Waals surface area contributed by atoms with E-state index >= 15 is 0 Å². The van der Waals surface area contributed by atoms with Crippen LogP contribution in [0.2, 0.25) is 5.02 Å². The minimum absolute atomic E-state index is 0.237. The van der Waals surface area contributed by atoms with E-state index < -0.39 is 18.0 Å². The van der Waals surface area contributed by atoms with E-state index in [1.165, 1.54) is 0 Å². The number of hydrogen-bond acceptors (Lipinski definition) is 4. The summed E-state index contributed by atoms with van der Waals surface area (Å²) in [4.78, 5) is 24.6. The fourth-order valence-electron chi connectivity index (χ4n) is 3.03. The molecule has 2 amide bonds. The van der Waals surface area contributed by atoms with Crippen molar-refractivity contribution in [2.24, 2.45) is 0 Å². The molecule has 1 heterocycles. The van der Waals surface area contributed by atoms with Crippen molar-refractivity contribution in [2.75, 3.05) is 6.61 Å². The van der Waals surface area contributed by atoms with E-state index in [1.807, 2.05) is 36.4 Å². The molecular formula is C21H21ClN2O4. The number of urea groups is 1. The highest BCUT2D eigenvalue weighted by Crippen LogP contribution is 2.34. The summed E-state index contributed by atoms with van der Waals surface area (Å²) < 4.78 is 11.2. The number of ether oxygens (including phenoxy) is 2. The second-order valence-electron chi connectivity index (χ2n) is 6.21. The Balaban J connectivity index is 1.93. The third-order valence-electron chi connectivity index (χ3n) is 4.34. The van der Waals surface area contributed by atoms with Crippen LogP contribution in [-0.4, -0.2) is 18.6 Å². The summed E-state index contributed by atoms with van der Waals surface area (Å²) in [5, 5.41) is 6.02. The average Bonchev–Trinajstić information content (AvgIpc) is 2.67. The number of hydrogen-bond donors (Lipinski definition) is 2. The number of carbonyl (C=O) groups excluding carboxylic acids is 2. The summed E-state index contributed by atoms with van der Waals surface area (Å²) >= 11 is 6.20. The molecule has 2 aromatic rings. The lowest BCUT2D eigenvalue weighted by Crippen LogP contribution is -2.45. The van der Waals surface area contributed by atoms with E-state index in [4.69, 9.17) is 21.1 Å². The van der Waals surface area contributed by atoms with Gasteiger partial charge in [0.25, 0.3) is 0 Å². The molecular weight excluding hydrogens is 380 g/mol. The molecule has 2 aromatic carbocycles. The molecule has 0 saturated carbocycles. The molecule has 146 valence electrons. The SMILES string of the molecule is CCOC(=O)C1=C(C)NC(=O)N[C@H]1c1ccccc1OCc1ccccc1Cl. The van der Waals surface area contributed by atoms with Gasteiger partial charge in [0.2, 0.25) is 0 Å². The van der Waals surface area contributed by atoms with Crippen molar-refractivity contribution in [2.45, 2.75) is 26.5 Å². The van der Waals surface area contributed by atoms with Crippen molar-refractivity contribution in [3.8, 4) is 5.75 Å². The van der Waals surface area contributed by atoms with E-state index in [-0.39, 0.29) is 13.2 Å². The van der Waals surface area contributed by atoms with Gasteiger partial charge in [0.15, 0.2) is 0 Å². The molecule has 0 unspecified atom stereocenters. The van der Waals surface area contributed by atoms with Crippen LogP contribution in [0.15, 0.2) is 59.8 Å². The van der Waals surface area contributed by atoms with Gasteiger partial charge in [-0.25, -0.2) is 9.59 Å². The molecule has 28 heavy (non-hydrogen) atoms. The summed E-state index contributed by atoms with van der Waals surface area (Å²) in [6.07, 6.45) is 0. The number of halogens is 1. The Morgan fingerprint density at radius 1 is 1.14 bits per heavy atom. The first-order valence-electron chi connectivity index (χ1n) is 8.91. The quantitative estimate of drug-likeness (QED) is 0.715. The zero-order valence-electron chi connectivity index (χ0n) is 15.6. The summed E-state index contributed by atoms with van der Waals surface area (Å²) in [5.41, 5.74) is 2.29. The zero-order valence-corrected chi connectivity index (χ0v) is 16.4. The van der Waals surface area contributed by atoms with Crippen molar-refractivity contribution in [1.29, 1.82) is 0 Å². The maximum atomic E-state index is 12.5. The fraction of sp³-hybridized carbons (Fsp3) is 0.238. The van der Waals surface area contributed by atoms with E-state index in [0.717, 1.165) is 5.56 Å². The Kier molecular flexibility index (Phi) is 6.21. The topological polar surface area (TPSA) is 76.7 Å². The van der Waals surface area contributed by atoms with Gasteiger partial charge in [0.05, 0.1) is 18.2 Å². The molecule has 1 aliphatic rings. The fourth-order valence-corrected chi connectivity index (χ4v) is 3.22. The number of esters is 1. The van der Waals surface area contributed by atoms with Gasteiger partial charge in [0.1, 0.15) is 12.4 Å². The van der Waals surface area contributed by atoms with Crippen LogP contribution in [0.1, 0.15) is 31.0 Å². The van der Waals surface area contributed by atoms with Crippen LogP contribution in [0, 0.1) is 0 Å². The van der Waals surface area contributed by atoms with Crippen molar-refractivity contribution in [1.82, 2.24) is 10.6 Å². The maximum absolute atomic E-state index is 12.5. The lowest BCUT2D eigenvalue weighted by atomic mass is 9.95.